The van der Waals surface area contributed by atoms with Crippen molar-refractivity contribution in [3.8, 4) is 0 Å². The van der Waals surface area contributed by atoms with Gasteiger partial charge in [0.2, 0.25) is 0 Å². The van der Waals surface area contributed by atoms with Crippen molar-refractivity contribution in [1.29, 1.82) is 0 Å². The highest BCUT2D eigenvalue weighted by Crippen LogP contribution is 2.29. The number of carbonyl (C=O) groups is 1. The van der Waals surface area contributed by atoms with Gasteiger partial charge in [0.1, 0.15) is 9.77 Å². The second-order valence-corrected chi connectivity index (χ2v) is 7.07. The molecule has 21 heavy (non-hydrogen) atoms. The second-order valence-electron chi connectivity index (χ2n) is 4.57. The molecule has 0 aromatic carbocycles. The molecule has 0 saturated heterocycles. The van der Waals surface area contributed by atoms with Crippen LogP contribution in [0.3, 0.4) is 0 Å². The second kappa shape index (κ2) is 5.45. The highest BCUT2D eigenvalue weighted by Gasteiger charge is 2.27. The Morgan fingerprint density at radius 3 is 2.52 bits per heavy atom. The zero-order valence-corrected chi connectivity index (χ0v) is 13.3. The van der Waals surface area contributed by atoms with E-state index < -0.39 is 16.0 Å². The lowest BCUT2D eigenvalue weighted by Crippen LogP contribution is -2.17. The van der Waals surface area contributed by atoms with Gasteiger partial charge in [-0.05, 0) is 43.8 Å². The van der Waals surface area contributed by atoms with E-state index in [4.69, 9.17) is 5.11 Å². The van der Waals surface area contributed by atoms with E-state index >= 15 is 0 Å². The van der Waals surface area contributed by atoms with Crippen molar-refractivity contribution >= 4 is 33.0 Å². The Hall–Kier alpha value is -1.93. The molecule has 0 unspecified atom stereocenters. The molecule has 0 aliphatic heterocycles. The molecule has 0 fully saturated rings. The van der Waals surface area contributed by atoms with E-state index in [0.29, 0.717) is 16.9 Å². The van der Waals surface area contributed by atoms with Crippen molar-refractivity contribution in [1.82, 2.24) is 4.98 Å². The van der Waals surface area contributed by atoms with Crippen molar-refractivity contribution in [2.45, 2.75) is 25.7 Å². The van der Waals surface area contributed by atoms with E-state index in [1.54, 1.807) is 32.9 Å². The van der Waals surface area contributed by atoms with Crippen molar-refractivity contribution < 1.29 is 18.3 Å². The summed E-state index contributed by atoms with van der Waals surface area (Å²) in [5, 5.41) is 10.6. The standard InChI is InChI=1S/C13H14N2O4S2/c1-7-6-20-11(13(16)17)12(7)21(18,19)15-10-5-4-8(2)14-9(10)3/h4-6,15H,1-3H3,(H,16,17). The maximum Gasteiger partial charge on any atom is 0.347 e. The molecule has 2 heterocycles. The zero-order chi connectivity index (χ0) is 15.8. The van der Waals surface area contributed by atoms with Gasteiger partial charge in [0.05, 0.1) is 11.4 Å². The number of carboxylic acid groups (broad SMARTS) is 1. The normalized spacial score (nSPS) is 11.4. The summed E-state index contributed by atoms with van der Waals surface area (Å²) in [6, 6.07) is 3.29. The summed E-state index contributed by atoms with van der Waals surface area (Å²) in [6.07, 6.45) is 0. The molecule has 0 aliphatic carbocycles. The molecule has 0 amide bonds. The molecule has 6 nitrogen and oxygen atoms in total. The van der Waals surface area contributed by atoms with E-state index in [9.17, 15) is 13.2 Å². The fraction of sp³-hybridized carbons (Fsp3) is 0.231. The Morgan fingerprint density at radius 1 is 1.29 bits per heavy atom. The van der Waals surface area contributed by atoms with Gasteiger partial charge in [-0.3, -0.25) is 9.71 Å². The van der Waals surface area contributed by atoms with Crippen LogP contribution in [0.25, 0.3) is 0 Å². The lowest BCUT2D eigenvalue weighted by Gasteiger charge is -2.11. The van der Waals surface area contributed by atoms with Crippen LogP contribution in [0.5, 0.6) is 0 Å². The summed E-state index contributed by atoms with van der Waals surface area (Å²) >= 11 is 0.894. The fourth-order valence-electron chi connectivity index (χ4n) is 1.91. The minimum absolute atomic E-state index is 0.194. The number of nitrogens with zero attached hydrogens (tertiary/aromatic N) is 1. The predicted octanol–water partition coefficient (Wildman–Crippen LogP) is 2.57. The number of hydrogen-bond acceptors (Lipinski definition) is 5. The van der Waals surface area contributed by atoms with Gasteiger partial charge in [-0.1, -0.05) is 0 Å². The van der Waals surface area contributed by atoms with Gasteiger partial charge < -0.3 is 5.11 Å². The molecule has 2 aromatic heterocycles. The van der Waals surface area contributed by atoms with Crippen LogP contribution in [0.4, 0.5) is 5.69 Å². The molecule has 8 heteroatoms. The minimum Gasteiger partial charge on any atom is -0.477 e. The quantitative estimate of drug-likeness (QED) is 0.900. The van der Waals surface area contributed by atoms with Crippen LogP contribution in [-0.2, 0) is 10.0 Å². The van der Waals surface area contributed by atoms with E-state index in [1.807, 2.05) is 0 Å². The number of aromatic carboxylic acids is 1. The molecular weight excluding hydrogens is 312 g/mol. The molecule has 2 aromatic rings. The Kier molecular flexibility index (Phi) is 4.02. The first-order valence-corrected chi connectivity index (χ1v) is 8.37. The third kappa shape index (κ3) is 3.06. The summed E-state index contributed by atoms with van der Waals surface area (Å²) in [5.74, 6) is -1.26. The van der Waals surface area contributed by atoms with Crippen LogP contribution in [0.1, 0.15) is 26.6 Å². The summed E-state index contributed by atoms with van der Waals surface area (Å²) in [4.78, 5) is 14.9. The first kappa shape index (κ1) is 15.5. The van der Waals surface area contributed by atoms with Crippen LogP contribution in [0.15, 0.2) is 22.4 Å². The van der Waals surface area contributed by atoms with Crippen LogP contribution < -0.4 is 4.72 Å². The minimum atomic E-state index is -3.97. The number of hydrogen-bond donors (Lipinski definition) is 2. The number of aryl methyl sites for hydroxylation is 3. The lowest BCUT2D eigenvalue weighted by molar-refractivity contribution is 0.0698. The largest absolute Gasteiger partial charge is 0.477 e. The van der Waals surface area contributed by atoms with Gasteiger partial charge in [-0.15, -0.1) is 11.3 Å². The molecule has 2 rings (SSSR count). The first-order valence-electron chi connectivity index (χ1n) is 6.01. The average molecular weight is 326 g/mol. The highest BCUT2D eigenvalue weighted by atomic mass is 32.2. The number of aromatic nitrogens is 1. The maximum absolute atomic E-state index is 12.5. The molecule has 0 aliphatic rings. The monoisotopic (exact) mass is 326 g/mol. The number of rotatable bonds is 4. The Morgan fingerprint density at radius 2 is 1.95 bits per heavy atom. The molecule has 0 atom stereocenters. The van der Waals surface area contributed by atoms with Crippen molar-refractivity contribution in [2.75, 3.05) is 4.72 Å². The van der Waals surface area contributed by atoms with E-state index in [0.717, 1.165) is 17.0 Å². The predicted molar refractivity (Wildman–Crippen MR) is 80.5 cm³/mol. The van der Waals surface area contributed by atoms with Gasteiger partial charge >= 0.3 is 5.97 Å². The number of carboxylic acids is 1. The third-order valence-electron chi connectivity index (χ3n) is 2.85. The number of sulfonamides is 1. The van der Waals surface area contributed by atoms with Gasteiger partial charge in [0, 0.05) is 5.69 Å². The van der Waals surface area contributed by atoms with Crippen LogP contribution in [0.2, 0.25) is 0 Å². The average Bonchev–Trinajstić information content (AvgIpc) is 2.76. The highest BCUT2D eigenvalue weighted by molar-refractivity contribution is 7.93. The van der Waals surface area contributed by atoms with Gasteiger partial charge in [0.15, 0.2) is 0 Å². The Balaban J connectivity index is 2.48. The molecular formula is C13H14N2O4S2. The number of thiophene rings is 1. The van der Waals surface area contributed by atoms with Gasteiger partial charge in [-0.2, -0.15) is 0 Å². The van der Waals surface area contributed by atoms with Crippen molar-refractivity contribution in [3.63, 3.8) is 0 Å². The topological polar surface area (TPSA) is 96.4 Å². The fourth-order valence-corrected chi connectivity index (χ4v) is 4.66. The summed E-state index contributed by atoms with van der Waals surface area (Å²) in [7, 11) is -3.97. The molecule has 2 N–H and O–H groups in total. The molecule has 0 radical (unpaired) electrons. The number of pyridine rings is 1. The first-order chi connectivity index (χ1) is 9.72. The number of anilines is 1. The summed E-state index contributed by atoms with van der Waals surface area (Å²) in [6.45, 7) is 5.05. The van der Waals surface area contributed by atoms with E-state index in [2.05, 4.69) is 9.71 Å². The summed E-state index contributed by atoms with van der Waals surface area (Å²) < 4.78 is 27.3. The third-order valence-corrected chi connectivity index (χ3v) is 5.62. The zero-order valence-electron chi connectivity index (χ0n) is 11.7. The maximum atomic E-state index is 12.5. The van der Waals surface area contributed by atoms with Crippen molar-refractivity contribution in [2.24, 2.45) is 0 Å². The smallest absolute Gasteiger partial charge is 0.347 e. The number of nitrogens with one attached hydrogen (secondary N) is 1. The van der Waals surface area contributed by atoms with Crippen molar-refractivity contribution in [3.05, 3.63) is 39.3 Å². The van der Waals surface area contributed by atoms with Gasteiger partial charge in [-0.25, -0.2) is 13.2 Å². The van der Waals surface area contributed by atoms with Crippen LogP contribution >= 0.6 is 11.3 Å². The molecule has 0 bridgehead atoms. The van der Waals surface area contributed by atoms with Crippen LogP contribution in [0, 0.1) is 20.8 Å². The Bertz CT molecular complexity index is 810. The molecule has 0 saturated carbocycles. The Labute approximate surface area is 126 Å². The van der Waals surface area contributed by atoms with Gasteiger partial charge in [0.25, 0.3) is 10.0 Å². The molecule has 112 valence electrons. The van der Waals surface area contributed by atoms with E-state index in [1.165, 1.54) is 5.38 Å². The SMILES string of the molecule is Cc1ccc(NS(=O)(=O)c2c(C)csc2C(=O)O)c(C)n1. The molecule has 0 spiro atoms. The summed E-state index contributed by atoms with van der Waals surface area (Å²) in [5.41, 5.74) is 2.04. The lowest BCUT2D eigenvalue weighted by atomic mass is 10.3. The van der Waals surface area contributed by atoms with E-state index in [-0.39, 0.29) is 9.77 Å². The van der Waals surface area contributed by atoms with Crippen LogP contribution in [-0.4, -0.2) is 24.5 Å².